The lowest BCUT2D eigenvalue weighted by atomic mass is 9.48. The largest absolute Gasteiger partial charge is 0.461 e. The van der Waals surface area contributed by atoms with Gasteiger partial charge in [0.05, 0.1) is 0 Å². The molecule has 1 aromatic heterocycles. The molecule has 1 N–H and O–H groups in total. The van der Waals surface area contributed by atoms with Crippen molar-refractivity contribution < 1.29 is 4.42 Å². The van der Waals surface area contributed by atoms with Gasteiger partial charge in [0.1, 0.15) is 11.2 Å². The van der Waals surface area contributed by atoms with E-state index in [-0.39, 0.29) is 27.8 Å². The second kappa shape index (κ2) is 5.36. The molecule has 0 aromatic carbocycles. The standard InChI is InChI=1S/C22H35NO/c1-14(2)12-16-13-17(24-15(16)3)18-19(4,5)21(8,9)23-22(10,11)20(18,6)7/h12-13,18,23H,1,3H2,2,4-11H3/b16-12-. The van der Waals surface area contributed by atoms with Gasteiger partial charge < -0.3 is 9.73 Å². The zero-order valence-electron chi connectivity index (χ0n) is 17.1. The van der Waals surface area contributed by atoms with Crippen molar-refractivity contribution in [3.05, 3.63) is 34.6 Å². The van der Waals surface area contributed by atoms with E-state index in [2.05, 4.69) is 79.9 Å². The molecule has 0 bridgehead atoms. The fraction of sp³-hybridized carbons (Fsp3) is 0.636. The molecule has 1 aromatic rings. The smallest absolute Gasteiger partial charge is 0.127 e. The van der Waals surface area contributed by atoms with Gasteiger partial charge in [0.25, 0.3) is 0 Å². The van der Waals surface area contributed by atoms with Crippen LogP contribution < -0.4 is 16.0 Å². The fourth-order valence-electron chi connectivity index (χ4n) is 4.43. The van der Waals surface area contributed by atoms with Gasteiger partial charge in [0.15, 0.2) is 0 Å². The summed E-state index contributed by atoms with van der Waals surface area (Å²) in [7, 11) is 0. The lowest BCUT2D eigenvalue weighted by Gasteiger charge is -2.64. The highest BCUT2D eigenvalue weighted by Gasteiger charge is 2.61. The van der Waals surface area contributed by atoms with E-state index in [0.29, 0.717) is 0 Å². The minimum absolute atomic E-state index is 0.0107. The van der Waals surface area contributed by atoms with Gasteiger partial charge in [0, 0.05) is 22.2 Å². The van der Waals surface area contributed by atoms with E-state index in [0.717, 1.165) is 22.0 Å². The van der Waals surface area contributed by atoms with Gasteiger partial charge in [-0.15, -0.1) is 0 Å². The number of piperidine rings is 1. The van der Waals surface area contributed by atoms with Gasteiger partial charge in [-0.1, -0.05) is 46.4 Å². The molecule has 2 rings (SSSR count). The molecular weight excluding hydrogens is 294 g/mol. The molecule has 0 unspecified atom stereocenters. The minimum Gasteiger partial charge on any atom is -0.461 e. The van der Waals surface area contributed by atoms with Crippen LogP contribution in [-0.4, -0.2) is 11.1 Å². The van der Waals surface area contributed by atoms with Crippen LogP contribution in [0.1, 0.15) is 74.0 Å². The third-order valence-electron chi connectivity index (χ3n) is 6.84. The second-order valence-electron chi connectivity index (χ2n) is 9.77. The number of nitrogens with one attached hydrogen (secondary N) is 1. The molecule has 2 heterocycles. The Hall–Kier alpha value is -1.28. The van der Waals surface area contributed by atoms with Crippen LogP contribution in [0.3, 0.4) is 0 Å². The Bertz CT molecular complexity index is 732. The van der Waals surface area contributed by atoms with E-state index >= 15 is 0 Å². The molecule has 1 saturated heterocycles. The van der Waals surface area contributed by atoms with E-state index in [1.165, 1.54) is 0 Å². The van der Waals surface area contributed by atoms with Crippen molar-refractivity contribution in [1.29, 1.82) is 0 Å². The van der Waals surface area contributed by atoms with Crippen LogP contribution >= 0.6 is 0 Å². The second-order valence-corrected chi connectivity index (χ2v) is 9.77. The summed E-state index contributed by atoms with van der Waals surface area (Å²) in [6.45, 7) is 28.6. The Balaban J connectivity index is 2.73. The average Bonchev–Trinajstić information content (AvgIpc) is 2.65. The summed E-state index contributed by atoms with van der Waals surface area (Å²) >= 11 is 0. The van der Waals surface area contributed by atoms with Crippen molar-refractivity contribution in [2.45, 2.75) is 79.3 Å². The van der Waals surface area contributed by atoms with Crippen LogP contribution in [-0.2, 0) is 0 Å². The van der Waals surface area contributed by atoms with Crippen LogP contribution in [0.5, 0.6) is 0 Å². The zero-order valence-corrected chi connectivity index (χ0v) is 17.1. The van der Waals surface area contributed by atoms with Gasteiger partial charge in [-0.2, -0.15) is 0 Å². The van der Waals surface area contributed by atoms with E-state index in [1.807, 2.05) is 13.0 Å². The lowest BCUT2D eigenvalue weighted by Crippen LogP contribution is -2.72. The van der Waals surface area contributed by atoms with Gasteiger partial charge >= 0.3 is 0 Å². The Morgan fingerprint density at radius 3 is 1.92 bits per heavy atom. The number of hydrogen-bond donors (Lipinski definition) is 1. The predicted octanol–water partition coefficient (Wildman–Crippen LogP) is 4.34. The monoisotopic (exact) mass is 329 g/mol. The Morgan fingerprint density at radius 2 is 1.50 bits per heavy atom. The summed E-state index contributed by atoms with van der Waals surface area (Å²) in [5.74, 6) is 1.30. The minimum atomic E-state index is -0.0248. The van der Waals surface area contributed by atoms with Crippen LogP contribution in [0.15, 0.2) is 22.6 Å². The fourth-order valence-corrected chi connectivity index (χ4v) is 4.43. The molecule has 2 heteroatoms. The normalized spacial score (nSPS) is 25.6. The molecule has 0 radical (unpaired) electrons. The maximum absolute atomic E-state index is 6.20. The van der Waals surface area contributed by atoms with E-state index in [1.54, 1.807) is 0 Å². The third kappa shape index (κ3) is 2.69. The summed E-state index contributed by atoms with van der Waals surface area (Å²) in [6, 6.07) is 2.17. The van der Waals surface area contributed by atoms with E-state index in [4.69, 9.17) is 4.42 Å². The Morgan fingerprint density at radius 1 is 1.04 bits per heavy atom. The van der Waals surface area contributed by atoms with Gasteiger partial charge in [-0.3, -0.25) is 0 Å². The van der Waals surface area contributed by atoms with Crippen LogP contribution in [0.4, 0.5) is 0 Å². The summed E-state index contributed by atoms with van der Waals surface area (Å²) in [4.78, 5) is 0. The Labute approximate surface area is 147 Å². The molecule has 24 heavy (non-hydrogen) atoms. The highest BCUT2D eigenvalue weighted by Crippen LogP contribution is 2.60. The van der Waals surface area contributed by atoms with Gasteiger partial charge in [-0.25, -0.2) is 0 Å². The summed E-state index contributed by atoms with van der Waals surface area (Å²) in [5, 5.41) is 4.93. The molecule has 0 amide bonds. The van der Waals surface area contributed by atoms with Gasteiger partial charge in [0.2, 0.25) is 0 Å². The number of allylic oxidation sites excluding steroid dienone is 1. The topological polar surface area (TPSA) is 25.2 Å². The molecule has 1 aliphatic rings. The van der Waals surface area contributed by atoms with E-state index < -0.39 is 0 Å². The zero-order chi connectivity index (χ0) is 18.7. The van der Waals surface area contributed by atoms with Crippen molar-refractivity contribution in [2.24, 2.45) is 10.8 Å². The Kier molecular flexibility index (Phi) is 4.25. The van der Waals surface area contributed by atoms with Crippen LogP contribution in [0.2, 0.25) is 0 Å². The summed E-state index contributed by atoms with van der Waals surface area (Å²) in [6.07, 6.45) is 2.05. The average molecular weight is 330 g/mol. The maximum Gasteiger partial charge on any atom is 0.127 e. The van der Waals surface area contributed by atoms with Crippen molar-refractivity contribution in [3.8, 4) is 0 Å². The molecule has 2 nitrogen and oxygen atoms in total. The summed E-state index contributed by atoms with van der Waals surface area (Å²) in [5.41, 5.74) is 1.71. The molecular formula is C22H35NO. The molecule has 1 aliphatic heterocycles. The first-order valence-corrected chi connectivity index (χ1v) is 8.89. The first-order valence-electron chi connectivity index (χ1n) is 8.89. The third-order valence-corrected chi connectivity index (χ3v) is 6.84. The van der Waals surface area contributed by atoms with Crippen molar-refractivity contribution in [2.75, 3.05) is 0 Å². The maximum atomic E-state index is 6.20. The quantitative estimate of drug-likeness (QED) is 0.873. The van der Waals surface area contributed by atoms with Crippen molar-refractivity contribution in [1.82, 2.24) is 5.32 Å². The highest BCUT2D eigenvalue weighted by molar-refractivity contribution is 5.44. The lowest BCUT2D eigenvalue weighted by molar-refractivity contribution is -0.0800. The molecule has 0 spiro atoms. The van der Waals surface area contributed by atoms with Crippen LogP contribution in [0, 0.1) is 10.8 Å². The molecule has 1 fully saturated rings. The van der Waals surface area contributed by atoms with Crippen LogP contribution in [0.25, 0.3) is 12.7 Å². The highest BCUT2D eigenvalue weighted by atomic mass is 16.3. The summed E-state index contributed by atoms with van der Waals surface area (Å²) < 4.78 is 6.20. The number of furan rings is 1. The molecule has 0 aliphatic carbocycles. The first kappa shape index (κ1) is 19.1. The number of rotatable bonds is 2. The van der Waals surface area contributed by atoms with E-state index in [9.17, 15) is 0 Å². The first-order chi connectivity index (χ1) is 10.6. The van der Waals surface area contributed by atoms with Crippen molar-refractivity contribution >= 4 is 12.7 Å². The van der Waals surface area contributed by atoms with Crippen molar-refractivity contribution in [3.63, 3.8) is 0 Å². The SMILES string of the molecule is C=C(C)/C=c1/cc(C2C(C)(C)C(C)(C)NC(C)(C)C2(C)C)oc1=C. The van der Waals surface area contributed by atoms with Gasteiger partial charge in [-0.05, 0) is 57.6 Å². The molecule has 134 valence electrons. The molecule has 0 saturated carbocycles. The number of hydrogen-bond acceptors (Lipinski definition) is 2. The predicted molar refractivity (Wildman–Crippen MR) is 104 cm³/mol. The molecule has 0 atom stereocenters.